The molecule has 0 aromatic heterocycles. The molecule has 1 atom stereocenters. The first kappa shape index (κ1) is 34.2. The fourth-order valence-electron chi connectivity index (χ4n) is 3.18. The molecular weight excluding hydrogens is 568 g/mol. The van der Waals surface area contributed by atoms with Gasteiger partial charge in [-0.25, -0.2) is 9.59 Å². The molecule has 41 heavy (non-hydrogen) atoms. The monoisotopic (exact) mass is 593 g/mol. The average molecular weight is 593 g/mol. The lowest BCUT2D eigenvalue weighted by Gasteiger charge is -2.25. The molecule has 2 aromatic rings. The van der Waals surface area contributed by atoms with Crippen LogP contribution in [0.3, 0.4) is 0 Å². The fourth-order valence-corrected chi connectivity index (χ4v) is 3.18. The SMILES string of the molecule is N=C(N)c1ccc(C(=O)N2CCC[C@@H]2COc2cccc(C(=N)N)c2)cc1.O=C(O)C(F)(F)F.O=C(O)C(F)(F)F. The fraction of sp³-hybridized carbons (Fsp3) is 0.292. The number of nitrogens with one attached hydrogen (secondary N) is 2. The van der Waals surface area contributed by atoms with Crippen LogP contribution in [0.15, 0.2) is 48.5 Å². The number of benzene rings is 2. The summed E-state index contributed by atoms with van der Waals surface area (Å²) in [6.45, 7) is 1.08. The van der Waals surface area contributed by atoms with Gasteiger partial charge >= 0.3 is 24.3 Å². The van der Waals surface area contributed by atoms with E-state index in [1.807, 2.05) is 11.0 Å². The van der Waals surface area contributed by atoms with Crippen molar-refractivity contribution in [3.05, 3.63) is 65.2 Å². The average Bonchev–Trinajstić information content (AvgIpc) is 3.35. The van der Waals surface area contributed by atoms with Crippen molar-refractivity contribution in [2.75, 3.05) is 13.2 Å². The standard InChI is InChI=1S/C20H23N5O2.2C2HF3O2/c21-18(22)13-6-8-14(9-7-13)20(26)25-10-2-4-16(25)12-27-17-5-1-3-15(11-17)19(23)24;2*3-2(4,5)1(6)7/h1,3,5-9,11,16H,2,4,10,12H2,(H3,21,22)(H3,23,24);2*(H,6,7)/t16-;;/m1../s1. The number of amides is 1. The number of ether oxygens (including phenoxy) is 1. The van der Waals surface area contributed by atoms with E-state index in [-0.39, 0.29) is 23.6 Å². The molecule has 224 valence electrons. The molecule has 8 N–H and O–H groups in total. The molecule has 0 spiro atoms. The van der Waals surface area contributed by atoms with Gasteiger partial charge in [-0.1, -0.05) is 24.3 Å². The number of carbonyl (C=O) groups excluding carboxylic acids is 1. The third-order valence-electron chi connectivity index (χ3n) is 5.15. The van der Waals surface area contributed by atoms with Gasteiger partial charge in [0.05, 0.1) is 6.04 Å². The first-order valence-electron chi connectivity index (χ1n) is 11.3. The van der Waals surface area contributed by atoms with Crippen molar-refractivity contribution in [3.8, 4) is 5.75 Å². The van der Waals surface area contributed by atoms with Gasteiger partial charge in [-0.15, -0.1) is 0 Å². The van der Waals surface area contributed by atoms with E-state index in [1.54, 1.807) is 42.5 Å². The second kappa shape index (κ2) is 14.5. The van der Waals surface area contributed by atoms with Gasteiger partial charge in [0.2, 0.25) is 0 Å². The van der Waals surface area contributed by atoms with Gasteiger partial charge in [0.15, 0.2) is 0 Å². The summed E-state index contributed by atoms with van der Waals surface area (Å²) in [6.07, 6.45) is -8.36. The molecule has 0 radical (unpaired) electrons. The van der Waals surface area contributed by atoms with Gasteiger partial charge in [0.25, 0.3) is 5.91 Å². The Balaban J connectivity index is 0.000000497. The molecule has 2 aromatic carbocycles. The summed E-state index contributed by atoms with van der Waals surface area (Å²) in [5.41, 5.74) is 12.7. The van der Waals surface area contributed by atoms with Crippen LogP contribution >= 0.6 is 0 Å². The van der Waals surface area contributed by atoms with Crippen molar-refractivity contribution in [2.24, 2.45) is 11.5 Å². The number of halogens is 6. The molecule has 1 fully saturated rings. The van der Waals surface area contributed by atoms with Crippen LogP contribution in [-0.4, -0.2) is 76.2 Å². The third kappa shape index (κ3) is 11.4. The van der Waals surface area contributed by atoms with Crippen LogP contribution in [0, 0.1) is 10.8 Å². The first-order valence-corrected chi connectivity index (χ1v) is 11.3. The van der Waals surface area contributed by atoms with E-state index in [4.69, 9.17) is 46.8 Å². The summed E-state index contributed by atoms with van der Waals surface area (Å²) in [5, 5.41) is 29.2. The van der Waals surface area contributed by atoms with Crippen LogP contribution in [0.25, 0.3) is 0 Å². The number of carboxylic acid groups (broad SMARTS) is 2. The van der Waals surface area contributed by atoms with Crippen LogP contribution < -0.4 is 16.2 Å². The Morgan fingerprint density at radius 1 is 0.854 bits per heavy atom. The highest BCUT2D eigenvalue weighted by atomic mass is 19.4. The van der Waals surface area contributed by atoms with E-state index in [2.05, 4.69) is 0 Å². The molecular formula is C24H25F6N5O6. The van der Waals surface area contributed by atoms with E-state index in [0.717, 1.165) is 12.8 Å². The zero-order chi connectivity index (χ0) is 31.5. The molecule has 1 amide bonds. The van der Waals surface area contributed by atoms with Crippen LogP contribution in [0.1, 0.15) is 34.3 Å². The minimum atomic E-state index is -5.08. The van der Waals surface area contributed by atoms with Gasteiger partial charge in [0, 0.05) is 23.2 Å². The molecule has 0 bridgehead atoms. The Labute approximate surface area is 228 Å². The molecule has 3 rings (SSSR count). The third-order valence-corrected chi connectivity index (χ3v) is 5.15. The number of nitrogens with zero attached hydrogens (tertiary/aromatic N) is 1. The Kier molecular flexibility index (Phi) is 12.1. The second-order valence-corrected chi connectivity index (χ2v) is 8.14. The largest absolute Gasteiger partial charge is 0.491 e. The van der Waals surface area contributed by atoms with Crippen molar-refractivity contribution in [2.45, 2.75) is 31.2 Å². The maximum Gasteiger partial charge on any atom is 0.490 e. The molecule has 1 aliphatic heterocycles. The molecule has 1 saturated heterocycles. The van der Waals surface area contributed by atoms with E-state index >= 15 is 0 Å². The summed E-state index contributed by atoms with van der Waals surface area (Å²) < 4.78 is 69.3. The lowest BCUT2D eigenvalue weighted by molar-refractivity contribution is -0.193. The topological polar surface area (TPSA) is 204 Å². The summed E-state index contributed by atoms with van der Waals surface area (Å²) in [6, 6.07) is 13.8. The summed E-state index contributed by atoms with van der Waals surface area (Å²) in [5.74, 6) is -4.96. The lowest BCUT2D eigenvalue weighted by Crippen LogP contribution is -2.39. The maximum atomic E-state index is 12.8. The van der Waals surface area contributed by atoms with Crippen molar-refractivity contribution in [1.82, 2.24) is 4.90 Å². The zero-order valence-electron chi connectivity index (χ0n) is 20.9. The molecule has 0 unspecified atom stereocenters. The summed E-state index contributed by atoms with van der Waals surface area (Å²) in [4.78, 5) is 32.5. The number of aliphatic carboxylic acids is 2. The Hall–Kier alpha value is -4.83. The number of carboxylic acids is 2. The summed E-state index contributed by atoms with van der Waals surface area (Å²) in [7, 11) is 0. The van der Waals surface area contributed by atoms with Crippen LogP contribution in [0.2, 0.25) is 0 Å². The van der Waals surface area contributed by atoms with Crippen LogP contribution in [-0.2, 0) is 9.59 Å². The molecule has 17 heteroatoms. The van der Waals surface area contributed by atoms with Crippen molar-refractivity contribution < 1.29 is 55.7 Å². The van der Waals surface area contributed by atoms with Gasteiger partial charge in [0.1, 0.15) is 24.0 Å². The molecule has 1 aliphatic rings. The van der Waals surface area contributed by atoms with E-state index in [1.165, 1.54) is 0 Å². The van der Waals surface area contributed by atoms with Crippen LogP contribution in [0.4, 0.5) is 26.3 Å². The van der Waals surface area contributed by atoms with E-state index in [9.17, 15) is 31.1 Å². The number of alkyl halides is 6. The predicted octanol–water partition coefficient (Wildman–Crippen LogP) is 3.20. The highest BCUT2D eigenvalue weighted by Gasteiger charge is 2.39. The van der Waals surface area contributed by atoms with Gasteiger partial charge in [-0.2, -0.15) is 26.3 Å². The Morgan fingerprint density at radius 3 is 1.76 bits per heavy atom. The van der Waals surface area contributed by atoms with Gasteiger partial charge in [-0.05, 0) is 37.1 Å². The number of hydrogen-bond acceptors (Lipinski definition) is 6. The Morgan fingerprint density at radius 2 is 1.32 bits per heavy atom. The van der Waals surface area contributed by atoms with Gasteiger partial charge in [-0.3, -0.25) is 15.6 Å². The Bertz CT molecular complexity index is 1230. The smallest absolute Gasteiger partial charge is 0.490 e. The van der Waals surface area contributed by atoms with Crippen molar-refractivity contribution in [1.29, 1.82) is 10.8 Å². The highest BCUT2D eigenvalue weighted by Crippen LogP contribution is 2.22. The molecule has 0 saturated carbocycles. The van der Waals surface area contributed by atoms with Crippen molar-refractivity contribution >= 4 is 29.5 Å². The predicted molar refractivity (Wildman–Crippen MR) is 132 cm³/mol. The van der Waals surface area contributed by atoms with Crippen molar-refractivity contribution in [3.63, 3.8) is 0 Å². The molecule has 1 heterocycles. The number of likely N-dealkylation sites (tertiary alicyclic amines) is 1. The number of rotatable bonds is 6. The normalized spacial score (nSPS) is 14.5. The van der Waals surface area contributed by atoms with E-state index < -0.39 is 24.3 Å². The number of nitrogens with two attached hydrogens (primary N) is 2. The quantitative estimate of drug-likeness (QED) is 0.166. The van der Waals surface area contributed by atoms with E-state index in [0.29, 0.717) is 35.6 Å². The minimum absolute atomic E-state index is 0.00729. The first-order chi connectivity index (χ1) is 18.8. The lowest BCUT2D eigenvalue weighted by atomic mass is 10.1. The molecule has 11 nitrogen and oxygen atoms in total. The zero-order valence-corrected chi connectivity index (χ0v) is 20.9. The number of nitrogen functional groups attached to an aromatic ring is 2. The molecule has 0 aliphatic carbocycles. The number of hydrogen-bond donors (Lipinski definition) is 6. The maximum absolute atomic E-state index is 12.8. The minimum Gasteiger partial charge on any atom is -0.491 e. The summed E-state index contributed by atoms with van der Waals surface area (Å²) >= 11 is 0. The number of amidine groups is 2. The second-order valence-electron chi connectivity index (χ2n) is 8.14. The van der Waals surface area contributed by atoms with Gasteiger partial charge < -0.3 is 31.3 Å². The number of carbonyl (C=O) groups is 3. The van der Waals surface area contributed by atoms with Crippen LogP contribution in [0.5, 0.6) is 5.75 Å². The highest BCUT2D eigenvalue weighted by molar-refractivity contribution is 5.98.